The molecule has 0 spiro atoms. The van der Waals surface area contributed by atoms with Crippen molar-refractivity contribution in [3.63, 3.8) is 0 Å². The number of benzene rings is 2. The number of hydrogen-bond donors (Lipinski definition) is 1. The van der Waals surface area contributed by atoms with Crippen molar-refractivity contribution in [2.75, 3.05) is 12.3 Å². The summed E-state index contributed by atoms with van der Waals surface area (Å²) in [5.74, 6) is 0.925. The molecule has 0 unspecified atom stereocenters. The van der Waals surface area contributed by atoms with E-state index in [2.05, 4.69) is 38.8 Å². The molecule has 2 aromatic carbocycles. The summed E-state index contributed by atoms with van der Waals surface area (Å²) in [6, 6.07) is 14.1. The predicted octanol–water partition coefficient (Wildman–Crippen LogP) is 4.43. The first-order valence-electron chi connectivity index (χ1n) is 6.94. The summed E-state index contributed by atoms with van der Waals surface area (Å²) in [6.07, 6.45) is 2.08. The molecule has 21 heavy (non-hydrogen) atoms. The summed E-state index contributed by atoms with van der Waals surface area (Å²) in [5, 5.41) is 1.13. The van der Waals surface area contributed by atoms with Crippen LogP contribution in [-0.4, -0.2) is 11.2 Å². The van der Waals surface area contributed by atoms with Gasteiger partial charge in [-0.05, 0) is 37.3 Å². The number of ether oxygens (including phenoxy) is 1. The van der Waals surface area contributed by atoms with E-state index in [0.29, 0.717) is 6.61 Å². The third-order valence-corrected chi connectivity index (χ3v) is 4.30. The Morgan fingerprint density at radius 1 is 1.14 bits per heavy atom. The minimum absolute atomic E-state index is 0.668. The Labute approximate surface area is 132 Å². The van der Waals surface area contributed by atoms with E-state index in [1.165, 1.54) is 0 Å². The molecule has 0 aliphatic rings. The highest BCUT2D eigenvalue weighted by Gasteiger charge is 2.09. The normalized spacial score (nSPS) is 11.0. The molecule has 3 rings (SSSR count). The van der Waals surface area contributed by atoms with Crippen LogP contribution in [0.3, 0.4) is 0 Å². The van der Waals surface area contributed by atoms with Gasteiger partial charge in [0.15, 0.2) is 0 Å². The molecule has 0 atom stereocenters. The lowest BCUT2D eigenvalue weighted by atomic mass is 10.2. The molecule has 0 radical (unpaired) electrons. The predicted molar refractivity (Wildman–Crippen MR) is 90.8 cm³/mol. The summed E-state index contributed by atoms with van der Waals surface area (Å²) in [7, 11) is 0. The monoisotopic (exact) mass is 344 g/mol. The summed E-state index contributed by atoms with van der Waals surface area (Å²) < 4.78 is 8.90. The number of nitrogen functional groups attached to an aromatic ring is 1. The van der Waals surface area contributed by atoms with Gasteiger partial charge in [-0.15, -0.1) is 0 Å². The van der Waals surface area contributed by atoms with E-state index in [9.17, 15) is 0 Å². The Morgan fingerprint density at radius 2 is 1.95 bits per heavy atom. The Kier molecular flexibility index (Phi) is 3.88. The van der Waals surface area contributed by atoms with Gasteiger partial charge in [0.1, 0.15) is 5.75 Å². The van der Waals surface area contributed by atoms with Crippen molar-refractivity contribution < 1.29 is 4.74 Å². The summed E-state index contributed by atoms with van der Waals surface area (Å²) in [6.45, 7) is 3.39. The molecular weight excluding hydrogens is 328 g/mol. The van der Waals surface area contributed by atoms with Gasteiger partial charge in [0, 0.05) is 27.3 Å². The average molecular weight is 345 g/mol. The summed E-state index contributed by atoms with van der Waals surface area (Å²) in [4.78, 5) is 0. The van der Waals surface area contributed by atoms with Crippen LogP contribution in [-0.2, 0) is 6.54 Å². The number of nitrogens with two attached hydrogens (primary N) is 1. The molecule has 0 saturated heterocycles. The van der Waals surface area contributed by atoms with Crippen LogP contribution in [0.15, 0.2) is 53.1 Å². The molecule has 0 aliphatic heterocycles. The molecule has 0 saturated carbocycles. The first-order valence-corrected chi connectivity index (χ1v) is 7.73. The quantitative estimate of drug-likeness (QED) is 0.711. The largest absolute Gasteiger partial charge is 0.493 e. The first-order chi connectivity index (χ1) is 10.2. The van der Waals surface area contributed by atoms with Crippen LogP contribution in [0.4, 0.5) is 5.69 Å². The van der Waals surface area contributed by atoms with E-state index < -0.39 is 0 Å². The number of fused-ring (bicyclic) bond motifs is 1. The molecule has 108 valence electrons. The van der Waals surface area contributed by atoms with E-state index >= 15 is 0 Å². The van der Waals surface area contributed by atoms with E-state index in [-0.39, 0.29) is 0 Å². The van der Waals surface area contributed by atoms with Crippen LogP contribution in [0.5, 0.6) is 5.75 Å². The zero-order valence-corrected chi connectivity index (χ0v) is 13.4. The van der Waals surface area contributed by atoms with Gasteiger partial charge in [-0.3, -0.25) is 0 Å². The Hall–Kier alpha value is -1.94. The molecule has 3 nitrogen and oxygen atoms in total. The van der Waals surface area contributed by atoms with Crippen molar-refractivity contribution in [2.45, 2.75) is 13.5 Å². The van der Waals surface area contributed by atoms with Gasteiger partial charge in [-0.2, -0.15) is 0 Å². The van der Waals surface area contributed by atoms with Gasteiger partial charge >= 0.3 is 0 Å². The van der Waals surface area contributed by atoms with E-state index in [0.717, 1.165) is 38.9 Å². The van der Waals surface area contributed by atoms with Crippen LogP contribution in [0, 0.1) is 0 Å². The molecule has 0 aliphatic carbocycles. The summed E-state index contributed by atoms with van der Waals surface area (Å²) in [5.41, 5.74) is 9.13. The standard InChI is InChI=1S/C17H17BrN2O/c1-2-21-17-8-4-7-16-12(17)9-10-20(16)11-13-14(18)5-3-6-15(13)19/h3-10H,2,11,19H2,1H3. The zero-order chi connectivity index (χ0) is 14.8. The third-order valence-electron chi connectivity index (χ3n) is 3.56. The smallest absolute Gasteiger partial charge is 0.128 e. The molecule has 3 aromatic rings. The number of nitrogens with zero attached hydrogens (tertiary/aromatic N) is 1. The first kappa shape index (κ1) is 14.0. The maximum absolute atomic E-state index is 6.09. The second-order valence-electron chi connectivity index (χ2n) is 4.87. The molecule has 1 aromatic heterocycles. The van der Waals surface area contributed by atoms with Gasteiger partial charge in [0.2, 0.25) is 0 Å². The maximum Gasteiger partial charge on any atom is 0.128 e. The van der Waals surface area contributed by atoms with Crippen molar-refractivity contribution in [2.24, 2.45) is 0 Å². The molecule has 0 fully saturated rings. The van der Waals surface area contributed by atoms with E-state index in [1.54, 1.807) is 0 Å². The second-order valence-corrected chi connectivity index (χ2v) is 5.73. The number of hydrogen-bond acceptors (Lipinski definition) is 2. The van der Waals surface area contributed by atoms with Gasteiger partial charge in [-0.25, -0.2) is 0 Å². The van der Waals surface area contributed by atoms with Crippen LogP contribution in [0.2, 0.25) is 0 Å². The van der Waals surface area contributed by atoms with Crippen LogP contribution >= 0.6 is 15.9 Å². The number of halogens is 1. The lowest BCUT2D eigenvalue weighted by Crippen LogP contribution is -2.03. The average Bonchev–Trinajstić information content (AvgIpc) is 2.88. The minimum atomic E-state index is 0.668. The number of aromatic nitrogens is 1. The van der Waals surface area contributed by atoms with Crippen molar-refractivity contribution in [3.05, 3.63) is 58.7 Å². The van der Waals surface area contributed by atoms with Crippen molar-refractivity contribution >= 4 is 32.5 Å². The topological polar surface area (TPSA) is 40.2 Å². The Balaban J connectivity index is 2.04. The highest BCUT2D eigenvalue weighted by molar-refractivity contribution is 9.10. The highest BCUT2D eigenvalue weighted by atomic mass is 79.9. The van der Waals surface area contributed by atoms with Crippen LogP contribution in [0.25, 0.3) is 10.9 Å². The van der Waals surface area contributed by atoms with Crippen molar-refractivity contribution in [1.29, 1.82) is 0 Å². The Morgan fingerprint density at radius 3 is 2.71 bits per heavy atom. The number of rotatable bonds is 4. The fourth-order valence-electron chi connectivity index (χ4n) is 2.53. The Bertz CT molecular complexity index is 759. The fourth-order valence-corrected chi connectivity index (χ4v) is 3.03. The van der Waals surface area contributed by atoms with Crippen molar-refractivity contribution in [1.82, 2.24) is 4.57 Å². The number of anilines is 1. The molecule has 0 bridgehead atoms. The summed E-state index contributed by atoms with van der Waals surface area (Å²) >= 11 is 3.58. The van der Waals surface area contributed by atoms with Gasteiger partial charge in [0.25, 0.3) is 0 Å². The third kappa shape index (κ3) is 2.63. The second kappa shape index (κ2) is 5.82. The molecule has 0 amide bonds. The molecule has 1 heterocycles. The SMILES string of the molecule is CCOc1cccc2c1ccn2Cc1c(N)cccc1Br. The highest BCUT2D eigenvalue weighted by Crippen LogP contribution is 2.29. The van der Waals surface area contributed by atoms with Crippen molar-refractivity contribution in [3.8, 4) is 5.75 Å². The molecule has 2 N–H and O–H groups in total. The van der Waals surface area contributed by atoms with Gasteiger partial charge in [0.05, 0.1) is 18.7 Å². The van der Waals surface area contributed by atoms with Gasteiger partial charge in [-0.1, -0.05) is 28.1 Å². The molecule has 4 heteroatoms. The van der Waals surface area contributed by atoms with Crippen LogP contribution < -0.4 is 10.5 Å². The fraction of sp³-hybridized carbons (Fsp3) is 0.176. The molecular formula is C17H17BrN2O. The zero-order valence-electron chi connectivity index (χ0n) is 11.8. The van der Waals surface area contributed by atoms with E-state index in [1.807, 2.05) is 37.3 Å². The van der Waals surface area contributed by atoms with E-state index in [4.69, 9.17) is 10.5 Å². The minimum Gasteiger partial charge on any atom is -0.493 e. The van der Waals surface area contributed by atoms with Gasteiger partial charge < -0.3 is 15.0 Å². The van der Waals surface area contributed by atoms with Crippen LogP contribution in [0.1, 0.15) is 12.5 Å². The lowest BCUT2D eigenvalue weighted by molar-refractivity contribution is 0.344. The maximum atomic E-state index is 6.09. The lowest BCUT2D eigenvalue weighted by Gasteiger charge is -2.11.